The Labute approximate surface area is 162 Å². The summed E-state index contributed by atoms with van der Waals surface area (Å²) in [6, 6.07) is 6.96. The van der Waals surface area contributed by atoms with E-state index < -0.39 is 11.4 Å². The van der Waals surface area contributed by atoms with Crippen LogP contribution in [0.2, 0.25) is 0 Å². The number of carbonyl (C=O) groups excluding carboxylic acids is 2. The number of oxime groups is 1. The number of fused-ring (bicyclic) bond motifs is 2. The second kappa shape index (κ2) is 6.19. The van der Waals surface area contributed by atoms with E-state index in [4.69, 9.17) is 4.84 Å². The number of nitrogens with zero attached hydrogens (tertiary/aromatic N) is 2. The van der Waals surface area contributed by atoms with Gasteiger partial charge in [0.25, 0.3) is 0 Å². The van der Waals surface area contributed by atoms with E-state index in [1.807, 2.05) is 0 Å². The van der Waals surface area contributed by atoms with Gasteiger partial charge in [-0.15, -0.1) is 0 Å². The van der Waals surface area contributed by atoms with Crippen LogP contribution >= 0.6 is 15.9 Å². The van der Waals surface area contributed by atoms with Gasteiger partial charge in [-0.05, 0) is 42.5 Å². The molecular formula is C20H25BrN2O3. The molecule has 26 heavy (non-hydrogen) atoms. The molecule has 2 aliphatic carbocycles. The molecule has 6 heteroatoms. The summed E-state index contributed by atoms with van der Waals surface area (Å²) in [4.78, 5) is 32.2. The van der Waals surface area contributed by atoms with Crippen LogP contribution in [0.5, 0.6) is 0 Å². The van der Waals surface area contributed by atoms with E-state index in [2.05, 4.69) is 41.9 Å². The molecule has 0 aromatic heterocycles. The van der Waals surface area contributed by atoms with Gasteiger partial charge in [0.2, 0.25) is 5.91 Å². The lowest BCUT2D eigenvalue weighted by atomic mass is 9.64. The maximum absolute atomic E-state index is 13.0. The van der Waals surface area contributed by atoms with Gasteiger partial charge in [0.05, 0.1) is 16.7 Å². The van der Waals surface area contributed by atoms with Crippen LogP contribution < -0.4 is 0 Å². The van der Waals surface area contributed by atoms with Gasteiger partial charge in [-0.3, -0.25) is 4.79 Å². The maximum atomic E-state index is 13.0. The zero-order chi connectivity index (χ0) is 19.3. The summed E-state index contributed by atoms with van der Waals surface area (Å²) in [5, 5.41) is 4.24. The van der Waals surface area contributed by atoms with Crippen molar-refractivity contribution in [3.63, 3.8) is 0 Å². The SMILES string of the molecule is CN(C)C(=O)C12CCC(C)(/C(=N\OC(=O)c3ccc(Br)cc3)C1)C2(C)C. The Kier molecular flexibility index (Phi) is 4.54. The van der Waals surface area contributed by atoms with Gasteiger partial charge in [0.15, 0.2) is 0 Å². The summed E-state index contributed by atoms with van der Waals surface area (Å²) in [5.41, 5.74) is 0.287. The van der Waals surface area contributed by atoms with Crippen molar-refractivity contribution in [3.8, 4) is 0 Å². The molecule has 2 aliphatic rings. The van der Waals surface area contributed by atoms with Crippen LogP contribution in [0.1, 0.15) is 50.4 Å². The Hall–Kier alpha value is -1.69. The Morgan fingerprint density at radius 1 is 1.12 bits per heavy atom. The van der Waals surface area contributed by atoms with Gasteiger partial charge in [0.1, 0.15) is 0 Å². The highest BCUT2D eigenvalue weighted by molar-refractivity contribution is 9.10. The van der Waals surface area contributed by atoms with Crippen LogP contribution in [0.4, 0.5) is 0 Å². The third-order valence-electron chi connectivity index (χ3n) is 6.87. The van der Waals surface area contributed by atoms with E-state index in [0.29, 0.717) is 12.0 Å². The molecule has 1 amide bonds. The minimum Gasteiger partial charge on any atom is -0.348 e. The number of rotatable bonds is 3. The maximum Gasteiger partial charge on any atom is 0.365 e. The Morgan fingerprint density at radius 2 is 1.73 bits per heavy atom. The second-order valence-corrected chi connectivity index (χ2v) is 9.25. The number of amides is 1. The molecule has 140 valence electrons. The molecule has 0 aliphatic heterocycles. The fourth-order valence-corrected chi connectivity index (χ4v) is 4.92. The molecule has 2 atom stereocenters. The summed E-state index contributed by atoms with van der Waals surface area (Å²) < 4.78 is 0.895. The van der Waals surface area contributed by atoms with E-state index in [9.17, 15) is 9.59 Å². The highest BCUT2D eigenvalue weighted by Crippen LogP contribution is 2.71. The van der Waals surface area contributed by atoms with E-state index in [0.717, 1.165) is 23.0 Å². The minimum absolute atomic E-state index is 0.135. The van der Waals surface area contributed by atoms with Gasteiger partial charge in [-0.1, -0.05) is 41.9 Å². The summed E-state index contributed by atoms with van der Waals surface area (Å²) in [6.45, 7) is 6.41. The average molecular weight is 421 g/mol. The molecule has 0 spiro atoms. The van der Waals surface area contributed by atoms with Crippen LogP contribution in [-0.2, 0) is 9.63 Å². The molecule has 2 unspecified atom stereocenters. The molecule has 1 aromatic rings. The van der Waals surface area contributed by atoms with E-state index >= 15 is 0 Å². The quantitative estimate of drug-likeness (QED) is 0.541. The first-order valence-electron chi connectivity index (χ1n) is 8.81. The lowest BCUT2D eigenvalue weighted by Crippen LogP contribution is -2.46. The van der Waals surface area contributed by atoms with E-state index in [1.54, 1.807) is 43.3 Å². The standard InChI is InChI=1S/C20H25BrN2O3/c1-18(2)19(3)10-11-20(18,17(25)23(4)5)12-15(19)22-26-16(24)13-6-8-14(21)9-7-13/h6-9H,10-12H2,1-5H3/b22-15-. The molecule has 3 rings (SSSR count). The third kappa shape index (κ3) is 2.53. The first kappa shape index (κ1) is 19.1. The lowest BCUT2D eigenvalue weighted by molar-refractivity contribution is -0.144. The van der Waals surface area contributed by atoms with Gasteiger partial charge >= 0.3 is 5.97 Å². The van der Waals surface area contributed by atoms with Crippen molar-refractivity contribution >= 4 is 33.5 Å². The monoisotopic (exact) mass is 420 g/mol. The largest absolute Gasteiger partial charge is 0.365 e. The molecule has 1 aromatic carbocycles. The third-order valence-corrected chi connectivity index (χ3v) is 7.40. The highest BCUT2D eigenvalue weighted by Gasteiger charge is 2.72. The van der Waals surface area contributed by atoms with Gasteiger partial charge < -0.3 is 9.74 Å². The zero-order valence-corrected chi connectivity index (χ0v) is 17.5. The van der Waals surface area contributed by atoms with Crippen molar-refractivity contribution in [2.75, 3.05) is 14.1 Å². The first-order valence-corrected chi connectivity index (χ1v) is 9.60. The van der Waals surface area contributed by atoms with E-state index in [1.165, 1.54) is 0 Å². The van der Waals surface area contributed by atoms with Gasteiger partial charge in [-0.2, -0.15) is 0 Å². The average Bonchev–Trinajstić information content (AvgIpc) is 2.89. The Bertz CT molecular complexity index is 785. The molecule has 0 N–H and O–H groups in total. The van der Waals surface area contributed by atoms with Crippen molar-refractivity contribution in [2.45, 2.75) is 40.0 Å². The van der Waals surface area contributed by atoms with Crippen LogP contribution in [0.3, 0.4) is 0 Å². The minimum atomic E-state index is -0.484. The van der Waals surface area contributed by atoms with Crippen molar-refractivity contribution < 1.29 is 14.4 Å². The van der Waals surface area contributed by atoms with Crippen LogP contribution in [0.25, 0.3) is 0 Å². The number of hydrogen-bond donors (Lipinski definition) is 0. The lowest BCUT2D eigenvalue weighted by Gasteiger charge is -2.40. The molecule has 5 nitrogen and oxygen atoms in total. The van der Waals surface area contributed by atoms with Gasteiger partial charge in [-0.25, -0.2) is 4.79 Å². The number of hydrogen-bond acceptors (Lipinski definition) is 4. The summed E-state index contributed by atoms with van der Waals surface area (Å²) in [6.07, 6.45) is 2.25. The predicted molar refractivity (Wildman–Crippen MR) is 104 cm³/mol. The summed E-state index contributed by atoms with van der Waals surface area (Å²) >= 11 is 3.34. The number of carbonyl (C=O) groups is 2. The fraction of sp³-hybridized carbons (Fsp3) is 0.550. The molecular weight excluding hydrogens is 396 g/mol. The van der Waals surface area contributed by atoms with E-state index in [-0.39, 0.29) is 16.7 Å². The first-order chi connectivity index (χ1) is 12.0. The van der Waals surface area contributed by atoms with Crippen LogP contribution in [0, 0.1) is 16.2 Å². The van der Waals surface area contributed by atoms with Crippen molar-refractivity contribution in [1.82, 2.24) is 4.90 Å². The highest BCUT2D eigenvalue weighted by atomic mass is 79.9. The normalized spacial score (nSPS) is 30.5. The number of benzene rings is 1. The summed E-state index contributed by atoms with van der Waals surface area (Å²) in [5.74, 6) is -0.349. The smallest absolute Gasteiger partial charge is 0.348 e. The molecule has 2 bridgehead atoms. The van der Waals surface area contributed by atoms with Crippen molar-refractivity contribution in [2.24, 2.45) is 21.4 Å². The molecule has 0 heterocycles. The Morgan fingerprint density at radius 3 is 2.31 bits per heavy atom. The van der Waals surface area contributed by atoms with Gasteiger partial charge in [0, 0.05) is 30.4 Å². The fourth-order valence-electron chi connectivity index (χ4n) is 4.66. The molecule has 2 fully saturated rings. The molecule has 0 radical (unpaired) electrons. The zero-order valence-electron chi connectivity index (χ0n) is 15.9. The number of halogens is 1. The van der Waals surface area contributed by atoms with Crippen LogP contribution in [-0.4, -0.2) is 36.6 Å². The van der Waals surface area contributed by atoms with Crippen molar-refractivity contribution in [3.05, 3.63) is 34.3 Å². The molecule has 0 saturated heterocycles. The van der Waals surface area contributed by atoms with Crippen LogP contribution in [0.15, 0.2) is 33.9 Å². The van der Waals surface area contributed by atoms with Crippen molar-refractivity contribution in [1.29, 1.82) is 0 Å². The summed E-state index contributed by atoms with van der Waals surface area (Å²) in [7, 11) is 3.59. The Balaban J connectivity index is 1.88. The second-order valence-electron chi connectivity index (χ2n) is 8.34. The predicted octanol–water partition coefficient (Wildman–Crippen LogP) is 4.27. The molecule has 2 saturated carbocycles. The topological polar surface area (TPSA) is 59.0 Å².